The molecule has 1 saturated heterocycles. The van der Waals surface area contributed by atoms with E-state index in [2.05, 4.69) is 0 Å². The topological polar surface area (TPSA) is 68.0 Å². The summed E-state index contributed by atoms with van der Waals surface area (Å²) in [7, 11) is 1.49. The van der Waals surface area contributed by atoms with Crippen molar-refractivity contribution in [2.24, 2.45) is 0 Å². The van der Waals surface area contributed by atoms with Crippen molar-refractivity contribution in [2.75, 3.05) is 37.4 Å². The van der Waals surface area contributed by atoms with E-state index in [0.29, 0.717) is 24.5 Å². The molecule has 5 nitrogen and oxygen atoms in total. The molecule has 1 fully saturated rings. The number of hydrogen-bond acceptors (Lipinski definition) is 5. The van der Waals surface area contributed by atoms with E-state index < -0.39 is 11.4 Å². The van der Waals surface area contributed by atoms with E-state index in [1.165, 1.54) is 13.2 Å². The molecule has 0 amide bonds. The van der Waals surface area contributed by atoms with E-state index in [9.17, 15) is 9.50 Å². The van der Waals surface area contributed by atoms with Crippen LogP contribution in [0.3, 0.4) is 0 Å². The highest BCUT2D eigenvalue weighted by Crippen LogP contribution is 2.33. The van der Waals surface area contributed by atoms with Crippen molar-refractivity contribution in [1.29, 1.82) is 0 Å². The summed E-state index contributed by atoms with van der Waals surface area (Å²) in [6.45, 7) is 4.66. The fraction of sp³-hybridized carbons (Fsp3) is 0.571. The van der Waals surface area contributed by atoms with Gasteiger partial charge in [0.2, 0.25) is 0 Å². The second-order valence-corrected chi connectivity index (χ2v) is 5.61. The Hall–Kier alpha value is -1.53. The number of ether oxygens (including phenoxy) is 2. The number of hydrogen-bond donors (Lipinski definition) is 2. The minimum Gasteiger partial charge on any atom is -0.495 e. The smallest absolute Gasteiger partial charge is 0.148 e. The standard InChI is InChI=1S/C14H21FN2O3/c1-14(2)8-17(6-9(7-18)20-14)12-5-13(19-3)11(16)4-10(12)15/h4-5,9,18H,6-8,16H2,1-3H3. The van der Waals surface area contributed by atoms with Crippen LogP contribution in [0.15, 0.2) is 12.1 Å². The summed E-state index contributed by atoms with van der Waals surface area (Å²) in [5.41, 5.74) is 5.90. The first-order valence-corrected chi connectivity index (χ1v) is 6.53. The molecule has 6 heteroatoms. The van der Waals surface area contributed by atoms with Crippen molar-refractivity contribution in [3.63, 3.8) is 0 Å². The molecule has 0 radical (unpaired) electrons. The number of aliphatic hydroxyl groups excluding tert-OH is 1. The first-order valence-electron chi connectivity index (χ1n) is 6.53. The fourth-order valence-electron chi connectivity index (χ4n) is 2.55. The highest BCUT2D eigenvalue weighted by molar-refractivity contribution is 5.63. The SMILES string of the molecule is COc1cc(N2CC(CO)OC(C)(C)C2)c(F)cc1N. The van der Waals surface area contributed by atoms with Gasteiger partial charge in [0.15, 0.2) is 0 Å². The van der Waals surface area contributed by atoms with Crippen molar-refractivity contribution in [3.8, 4) is 5.75 Å². The lowest BCUT2D eigenvalue weighted by Gasteiger charge is -2.43. The van der Waals surface area contributed by atoms with Crippen molar-refractivity contribution >= 4 is 11.4 Å². The van der Waals surface area contributed by atoms with Gasteiger partial charge in [0, 0.05) is 25.2 Å². The van der Waals surface area contributed by atoms with Crippen LogP contribution in [-0.4, -0.2) is 43.6 Å². The maximum absolute atomic E-state index is 14.2. The van der Waals surface area contributed by atoms with Crippen molar-refractivity contribution in [1.82, 2.24) is 0 Å². The zero-order valence-corrected chi connectivity index (χ0v) is 12.0. The van der Waals surface area contributed by atoms with Crippen LogP contribution in [0.5, 0.6) is 5.75 Å². The minimum absolute atomic E-state index is 0.104. The number of methoxy groups -OCH3 is 1. The Morgan fingerprint density at radius 1 is 1.55 bits per heavy atom. The zero-order valence-electron chi connectivity index (χ0n) is 12.0. The third-order valence-corrected chi connectivity index (χ3v) is 3.32. The van der Waals surface area contributed by atoms with E-state index in [1.54, 1.807) is 6.07 Å². The molecular weight excluding hydrogens is 263 g/mol. The van der Waals surface area contributed by atoms with Crippen LogP contribution >= 0.6 is 0 Å². The van der Waals surface area contributed by atoms with Gasteiger partial charge in [0.1, 0.15) is 11.6 Å². The molecule has 1 aromatic carbocycles. The number of benzene rings is 1. The van der Waals surface area contributed by atoms with Crippen LogP contribution in [0.2, 0.25) is 0 Å². The van der Waals surface area contributed by atoms with Gasteiger partial charge >= 0.3 is 0 Å². The van der Waals surface area contributed by atoms with Gasteiger partial charge in [-0.15, -0.1) is 0 Å². The Balaban J connectivity index is 2.34. The number of nitrogens with zero attached hydrogens (tertiary/aromatic N) is 1. The Bertz CT molecular complexity index is 494. The highest BCUT2D eigenvalue weighted by Gasteiger charge is 2.34. The van der Waals surface area contributed by atoms with E-state index in [0.717, 1.165) is 0 Å². The lowest BCUT2D eigenvalue weighted by Crippen LogP contribution is -2.54. The number of anilines is 2. The predicted octanol–water partition coefficient (Wildman–Crippen LogP) is 1.39. The molecule has 1 heterocycles. The summed E-state index contributed by atoms with van der Waals surface area (Å²) in [5, 5.41) is 9.31. The zero-order chi connectivity index (χ0) is 14.9. The van der Waals surface area contributed by atoms with Gasteiger partial charge in [-0.25, -0.2) is 4.39 Å². The molecule has 0 aromatic heterocycles. The molecule has 0 aliphatic carbocycles. The average Bonchev–Trinajstić information content (AvgIpc) is 2.37. The molecule has 1 unspecified atom stereocenters. The van der Waals surface area contributed by atoms with Crippen LogP contribution in [0.1, 0.15) is 13.8 Å². The molecule has 1 aliphatic heterocycles. The van der Waals surface area contributed by atoms with Crippen LogP contribution in [-0.2, 0) is 4.74 Å². The number of aliphatic hydroxyl groups is 1. The largest absolute Gasteiger partial charge is 0.495 e. The van der Waals surface area contributed by atoms with E-state index >= 15 is 0 Å². The molecule has 1 aliphatic rings. The number of morpholine rings is 1. The molecule has 2 rings (SSSR count). The Morgan fingerprint density at radius 2 is 2.25 bits per heavy atom. The van der Waals surface area contributed by atoms with Crippen molar-refractivity contribution < 1.29 is 19.0 Å². The van der Waals surface area contributed by atoms with Gasteiger partial charge in [0.25, 0.3) is 0 Å². The quantitative estimate of drug-likeness (QED) is 0.821. The molecular formula is C14H21FN2O3. The molecule has 3 N–H and O–H groups in total. The lowest BCUT2D eigenvalue weighted by atomic mass is 10.0. The maximum Gasteiger partial charge on any atom is 0.148 e. The van der Waals surface area contributed by atoms with Crippen LogP contribution in [0.25, 0.3) is 0 Å². The van der Waals surface area contributed by atoms with E-state index in [1.807, 2.05) is 18.7 Å². The minimum atomic E-state index is -0.466. The molecule has 1 atom stereocenters. The molecule has 0 spiro atoms. The van der Waals surface area contributed by atoms with E-state index in [4.69, 9.17) is 15.2 Å². The third kappa shape index (κ3) is 2.96. The summed E-state index contributed by atoms with van der Waals surface area (Å²) < 4.78 is 25.0. The summed E-state index contributed by atoms with van der Waals surface area (Å²) in [6.07, 6.45) is -0.346. The molecule has 0 bridgehead atoms. The normalized spacial score (nSPS) is 21.9. The number of halogens is 1. The molecule has 1 aromatic rings. The molecule has 112 valence electrons. The number of rotatable bonds is 3. The Morgan fingerprint density at radius 3 is 2.85 bits per heavy atom. The fourth-order valence-corrected chi connectivity index (χ4v) is 2.55. The van der Waals surface area contributed by atoms with Gasteiger partial charge in [-0.05, 0) is 13.8 Å². The summed E-state index contributed by atoms with van der Waals surface area (Å²) in [4.78, 5) is 1.85. The van der Waals surface area contributed by atoms with Gasteiger partial charge in [-0.3, -0.25) is 0 Å². The van der Waals surface area contributed by atoms with Gasteiger partial charge < -0.3 is 25.2 Å². The number of nitrogen functional groups attached to an aromatic ring is 1. The monoisotopic (exact) mass is 284 g/mol. The molecule has 0 saturated carbocycles. The third-order valence-electron chi connectivity index (χ3n) is 3.32. The van der Waals surface area contributed by atoms with Crippen LogP contribution in [0, 0.1) is 5.82 Å². The predicted molar refractivity (Wildman–Crippen MR) is 75.6 cm³/mol. The maximum atomic E-state index is 14.2. The summed E-state index contributed by atoms with van der Waals surface area (Å²) >= 11 is 0. The number of nitrogens with two attached hydrogens (primary N) is 1. The average molecular weight is 284 g/mol. The van der Waals surface area contributed by atoms with Crippen LogP contribution in [0.4, 0.5) is 15.8 Å². The summed E-state index contributed by atoms with van der Waals surface area (Å²) in [6, 6.07) is 2.84. The van der Waals surface area contributed by atoms with Crippen LogP contribution < -0.4 is 15.4 Å². The van der Waals surface area contributed by atoms with Gasteiger partial charge in [0.05, 0.1) is 36.8 Å². The Labute approximate surface area is 118 Å². The van der Waals surface area contributed by atoms with Gasteiger partial charge in [-0.1, -0.05) is 0 Å². The second-order valence-electron chi connectivity index (χ2n) is 5.61. The lowest BCUT2D eigenvalue weighted by molar-refractivity contribution is -0.101. The van der Waals surface area contributed by atoms with Gasteiger partial charge in [-0.2, -0.15) is 0 Å². The second kappa shape index (κ2) is 5.46. The highest BCUT2D eigenvalue weighted by atomic mass is 19.1. The Kier molecular flexibility index (Phi) is 4.06. The molecule has 20 heavy (non-hydrogen) atoms. The first kappa shape index (κ1) is 14.9. The van der Waals surface area contributed by atoms with E-state index in [-0.39, 0.29) is 18.4 Å². The summed E-state index contributed by atoms with van der Waals surface area (Å²) in [5.74, 6) is 0.0314. The first-order chi connectivity index (χ1) is 9.36. The van der Waals surface area contributed by atoms with Crippen molar-refractivity contribution in [3.05, 3.63) is 17.9 Å². The van der Waals surface area contributed by atoms with Crippen molar-refractivity contribution in [2.45, 2.75) is 25.6 Å².